The van der Waals surface area contributed by atoms with Crippen molar-refractivity contribution in [2.24, 2.45) is 5.73 Å². The minimum atomic E-state index is -0.582. The van der Waals surface area contributed by atoms with Crippen LogP contribution in [0.2, 0.25) is 0 Å². The first-order valence-electron chi connectivity index (χ1n) is 5.98. The van der Waals surface area contributed by atoms with Crippen LogP contribution in [-0.4, -0.2) is 27.6 Å². The molecule has 0 radical (unpaired) electrons. The Balaban J connectivity index is 2.27. The van der Waals surface area contributed by atoms with Gasteiger partial charge in [-0.3, -0.25) is 4.79 Å². The summed E-state index contributed by atoms with van der Waals surface area (Å²) in [5, 5.41) is 4.18. The Kier molecular flexibility index (Phi) is 2.83. The molecule has 1 amide bonds. The van der Waals surface area contributed by atoms with Gasteiger partial charge in [0.1, 0.15) is 5.75 Å². The molecule has 0 bridgehead atoms. The van der Waals surface area contributed by atoms with Gasteiger partial charge < -0.3 is 10.5 Å². The molecule has 3 aromatic rings. The number of carbonyl (C=O) groups excluding carboxylic acids is 1. The van der Waals surface area contributed by atoms with Crippen LogP contribution < -0.4 is 10.5 Å². The second kappa shape index (κ2) is 4.65. The zero-order valence-corrected chi connectivity index (χ0v) is 10.8. The minimum Gasteiger partial charge on any atom is -0.497 e. The standard InChI is InChI=1S/C14H12N4O2/c1-20-10-5-3-9(4-6-10)11-12(13(15)19)17-18-8-2-7-16-14(11)18/h2-8H,1H3,(H2,15,19). The number of carbonyl (C=O) groups is 1. The monoisotopic (exact) mass is 268 g/mol. The number of methoxy groups -OCH3 is 1. The smallest absolute Gasteiger partial charge is 0.269 e. The third-order valence-electron chi connectivity index (χ3n) is 3.01. The Morgan fingerprint density at radius 2 is 2.05 bits per heavy atom. The first-order valence-corrected chi connectivity index (χ1v) is 5.98. The number of primary amides is 1. The van der Waals surface area contributed by atoms with E-state index in [0.717, 1.165) is 11.3 Å². The normalized spacial score (nSPS) is 10.7. The van der Waals surface area contributed by atoms with Crippen LogP contribution in [0.5, 0.6) is 5.75 Å². The summed E-state index contributed by atoms with van der Waals surface area (Å²) in [5.41, 5.74) is 7.64. The lowest BCUT2D eigenvalue weighted by Gasteiger charge is -2.03. The molecule has 6 nitrogen and oxygen atoms in total. The molecule has 0 aliphatic heterocycles. The number of aromatic nitrogens is 3. The van der Waals surface area contributed by atoms with E-state index in [4.69, 9.17) is 10.5 Å². The predicted octanol–water partition coefficient (Wildman–Crippen LogP) is 1.50. The molecule has 0 aliphatic rings. The average Bonchev–Trinajstić information content (AvgIpc) is 2.87. The van der Waals surface area contributed by atoms with Crippen molar-refractivity contribution < 1.29 is 9.53 Å². The summed E-state index contributed by atoms with van der Waals surface area (Å²) in [6, 6.07) is 9.05. The maximum absolute atomic E-state index is 11.6. The number of benzene rings is 1. The topological polar surface area (TPSA) is 82.5 Å². The Labute approximate surface area is 114 Å². The molecule has 2 aromatic heterocycles. The van der Waals surface area contributed by atoms with Gasteiger partial charge in [-0.25, -0.2) is 9.50 Å². The molecule has 0 aliphatic carbocycles. The summed E-state index contributed by atoms with van der Waals surface area (Å²) in [7, 11) is 1.60. The van der Waals surface area contributed by atoms with E-state index >= 15 is 0 Å². The third kappa shape index (κ3) is 1.87. The highest BCUT2D eigenvalue weighted by Crippen LogP contribution is 2.28. The van der Waals surface area contributed by atoms with E-state index in [1.54, 1.807) is 30.1 Å². The molecule has 0 saturated carbocycles. The number of ether oxygens (including phenoxy) is 1. The van der Waals surface area contributed by atoms with Gasteiger partial charge in [0, 0.05) is 12.4 Å². The van der Waals surface area contributed by atoms with E-state index in [9.17, 15) is 4.79 Å². The molecule has 2 N–H and O–H groups in total. The van der Waals surface area contributed by atoms with E-state index in [1.165, 1.54) is 0 Å². The van der Waals surface area contributed by atoms with Crippen LogP contribution >= 0.6 is 0 Å². The van der Waals surface area contributed by atoms with Crippen molar-refractivity contribution in [1.82, 2.24) is 14.6 Å². The number of amides is 1. The lowest BCUT2D eigenvalue weighted by molar-refractivity contribution is 0.0996. The fourth-order valence-electron chi connectivity index (χ4n) is 2.08. The van der Waals surface area contributed by atoms with Crippen molar-refractivity contribution >= 4 is 11.6 Å². The van der Waals surface area contributed by atoms with Crippen LogP contribution in [0.15, 0.2) is 42.7 Å². The van der Waals surface area contributed by atoms with Gasteiger partial charge in [-0.15, -0.1) is 0 Å². The van der Waals surface area contributed by atoms with Crippen molar-refractivity contribution in [2.45, 2.75) is 0 Å². The molecule has 0 atom stereocenters. The minimum absolute atomic E-state index is 0.203. The quantitative estimate of drug-likeness (QED) is 0.780. The number of nitrogens with two attached hydrogens (primary N) is 1. The number of fused-ring (bicyclic) bond motifs is 1. The van der Waals surface area contributed by atoms with Gasteiger partial charge in [0.2, 0.25) is 0 Å². The molecule has 3 rings (SSSR count). The van der Waals surface area contributed by atoms with Gasteiger partial charge in [0.05, 0.1) is 12.7 Å². The molecule has 100 valence electrons. The summed E-state index contributed by atoms with van der Waals surface area (Å²) < 4.78 is 6.66. The maximum Gasteiger partial charge on any atom is 0.269 e. The number of hydrogen-bond donors (Lipinski definition) is 1. The van der Waals surface area contributed by atoms with E-state index in [0.29, 0.717) is 11.2 Å². The SMILES string of the molecule is COc1ccc(-c2c(C(N)=O)nn3cccnc23)cc1. The lowest BCUT2D eigenvalue weighted by atomic mass is 10.1. The number of rotatable bonds is 3. The Morgan fingerprint density at radius 3 is 2.70 bits per heavy atom. The highest BCUT2D eigenvalue weighted by Gasteiger charge is 2.19. The van der Waals surface area contributed by atoms with Crippen molar-refractivity contribution in [1.29, 1.82) is 0 Å². The summed E-state index contributed by atoms with van der Waals surface area (Å²) in [4.78, 5) is 15.8. The largest absolute Gasteiger partial charge is 0.497 e. The van der Waals surface area contributed by atoms with E-state index < -0.39 is 5.91 Å². The van der Waals surface area contributed by atoms with Crippen molar-refractivity contribution in [3.05, 3.63) is 48.4 Å². The van der Waals surface area contributed by atoms with Gasteiger partial charge in [0.15, 0.2) is 11.3 Å². The Hall–Kier alpha value is -2.89. The van der Waals surface area contributed by atoms with Crippen LogP contribution in [0.4, 0.5) is 0 Å². The molecule has 6 heteroatoms. The molecule has 20 heavy (non-hydrogen) atoms. The average molecular weight is 268 g/mol. The molecule has 0 saturated heterocycles. The second-order valence-electron chi connectivity index (χ2n) is 4.20. The zero-order chi connectivity index (χ0) is 14.1. The highest BCUT2D eigenvalue weighted by atomic mass is 16.5. The van der Waals surface area contributed by atoms with Crippen molar-refractivity contribution in [3.63, 3.8) is 0 Å². The maximum atomic E-state index is 11.6. The van der Waals surface area contributed by atoms with Gasteiger partial charge >= 0.3 is 0 Å². The van der Waals surface area contributed by atoms with Gasteiger partial charge in [0.25, 0.3) is 5.91 Å². The molecule has 2 heterocycles. The number of nitrogens with zero attached hydrogens (tertiary/aromatic N) is 3. The summed E-state index contributed by atoms with van der Waals surface area (Å²) in [5.74, 6) is 0.153. The predicted molar refractivity (Wildman–Crippen MR) is 73.5 cm³/mol. The molecule has 0 fully saturated rings. The zero-order valence-electron chi connectivity index (χ0n) is 10.8. The summed E-state index contributed by atoms with van der Waals surface area (Å²) in [6.07, 6.45) is 3.37. The van der Waals surface area contributed by atoms with Crippen LogP contribution in [0.3, 0.4) is 0 Å². The van der Waals surface area contributed by atoms with E-state index in [2.05, 4.69) is 10.1 Å². The first kappa shape index (κ1) is 12.2. The van der Waals surface area contributed by atoms with Gasteiger partial charge in [-0.2, -0.15) is 5.10 Å². The molecule has 0 unspecified atom stereocenters. The lowest BCUT2D eigenvalue weighted by Crippen LogP contribution is -2.12. The number of hydrogen-bond acceptors (Lipinski definition) is 4. The third-order valence-corrected chi connectivity index (χ3v) is 3.01. The van der Waals surface area contributed by atoms with Gasteiger partial charge in [-0.05, 0) is 23.8 Å². The first-order chi connectivity index (χ1) is 9.70. The summed E-state index contributed by atoms with van der Waals surface area (Å²) >= 11 is 0. The fraction of sp³-hybridized carbons (Fsp3) is 0.0714. The second-order valence-corrected chi connectivity index (χ2v) is 4.20. The van der Waals surface area contributed by atoms with E-state index in [-0.39, 0.29) is 5.69 Å². The fourth-order valence-corrected chi connectivity index (χ4v) is 2.08. The van der Waals surface area contributed by atoms with Crippen LogP contribution in [-0.2, 0) is 0 Å². The van der Waals surface area contributed by atoms with Crippen molar-refractivity contribution in [2.75, 3.05) is 7.11 Å². The van der Waals surface area contributed by atoms with Crippen LogP contribution in [0, 0.1) is 0 Å². The van der Waals surface area contributed by atoms with Crippen LogP contribution in [0.25, 0.3) is 16.8 Å². The Morgan fingerprint density at radius 1 is 1.30 bits per heavy atom. The van der Waals surface area contributed by atoms with Gasteiger partial charge in [-0.1, -0.05) is 12.1 Å². The van der Waals surface area contributed by atoms with Crippen LogP contribution in [0.1, 0.15) is 10.5 Å². The Bertz CT molecular complexity index is 777. The molecule has 0 spiro atoms. The summed E-state index contributed by atoms with van der Waals surface area (Å²) in [6.45, 7) is 0. The molecular formula is C14H12N4O2. The highest BCUT2D eigenvalue weighted by molar-refractivity contribution is 6.01. The molecular weight excluding hydrogens is 256 g/mol. The van der Waals surface area contributed by atoms with Crippen molar-refractivity contribution in [3.8, 4) is 16.9 Å². The van der Waals surface area contributed by atoms with E-state index in [1.807, 2.05) is 24.3 Å². The molecule has 1 aromatic carbocycles.